The van der Waals surface area contributed by atoms with Crippen molar-refractivity contribution in [3.05, 3.63) is 65.1 Å². The second-order valence-corrected chi connectivity index (χ2v) is 8.16. The average molecular weight is 429 g/mol. The Hall–Kier alpha value is -2.44. The summed E-state index contributed by atoms with van der Waals surface area (Å²) in [6.07, 6.45) is 1.89. The minimum Gasteiger partial charge on any atom is -0.371 e. The number of anilines is 2. The third kappa shape index (κ3) is 4.77. The summed E-state index contributed by atoms with van der Waals surface area (Å²) in [7, 11) is 0. The van der Waals surface area contributed by atoms with Gasteiger partial charge in [0.05, 0.1) is 5.52 Å². The molecule has 1 aromatic heterocycles. The largest absolute Gasteiger partial charge is 0.371 e. The van der Waals surface area contributed by atoms with Gasteiger partial charge in [-0.25, -0.2) is 4.39 Å². The van der Waals surface area contributed by atoms with Crippen molar-refractivity contribution in [3.8, 4) is 0 Å². The molecule has 2 N–H and O–H groups in total. The maximum atomic E-state index is 13.8. The number of pyridine rings is 1. The smallest absolute Gasteiger partial charge is 0.170 e. The molecule has 4 rings (SSSR count). The topological polar surface area (TPSA) is 40.2 Å². The molecule has 1 saturated heterocycles. The fraction of sp³-hybridized carbons (Fsp3) is 0.273. The summed E-state index contributed by atoms with van der Waals surface area (Å²) in [6.45, 7) is 3.72. The van der Waals surface area contributed by atoms with E-state index in [0.29, 0.717) is 16.2 Å². The van der Waals surface area contributed by atoms with Gasteiger partial charge >= 0.3 is 0 Å². The van der Waals surface area contributed by atoms with E-state index in [0.717, 1.165) is 53.9 Å². The van der Waals surface area contributed by atoms with Crippen LogP contribution in [0.2, 0.25) is 5.02 Å². The van der Waals surface area contributed by atoms with Crippen molar-refractivity contribution in [1.29, 1.82) is 0 Å². The lowest BCUT2D eigenvalue weighted by Gasteiger charge is -2.35. The summed E-state index contributed by atoms with van der Waals surface area (Å²) in [6, 6.07) is 14.6. The number of benzene rings is 2. The fourth-order valence-corrected chi connectivity index (χ4v) is 4.13. The minimum atomic E-state index is -0.237. The van der Waals surface area contributed by atoms with Gasteiger partial charge < -0.3 is 15.5 Å². The Kier molecular flexibility index (Phi) is 5.83. The number of halogens is 2. The molecule has 0 bridgehead atoms. The molecule has 1 aliphatic heterocycles. The number of nitrogens with one attached hydrogen (secondary N) is 2. The quantitative estimate of drug-likeness (QED) is 0.554. The van der Waals surface area contributed by atoms with E-state index in [4.69, 9.17) is 23.8 Å². The number of aromatic nitrogens is 1. The molecule has 2 heterocycles. The highest BCUT2D eigenvalue weighted by Crippen LogP contribution is 2.29. The molecule has 0 spiro atoms. The molecular weight excluding hydrogens is 407 g/mol. The predicted molar refractivity (Wildman–Crippen MR) is 122 cm³/mol. The molecule has 2 aromatic carbocycles. The highest BCUT2D eigenvalue weighted by Gasteiger charge is 2.22. The summed E-state index contributed by atoms with van der Waals surface area (Å²) in [5, 5.41) is 8.76. The molecule has 1 fully saturated rings. The van der Waals surface area contributed by atoms with E-state index < -0.39 is 0 Å². The second-order valence-electron chi connectivity index (χ2n) is 7.31. The van der Waals surface area contributed by atoms with E-state index in [1.54, 1.807) is 12.1 Å². The van der Waals surface area contributed by atoms with Crippen LogP contribution < -0.4 is 15.5 Å². The number of hydrogen-bond acceptors (Lipinski definition) is 3. The van der Waals surface area contributed by atoms with Crippen molar-refractivity contribution in [2.75, 3.05) is 23.3 Å². The maximum Gasteiger partial charge on any atom is 0.170 e. The van der Waals surface area contributed by atoms with Crippen LogP contribution in [0.3, 0.4) is 0 Å². The van der Waals surface area contributed by atoms with Crippen molar-refractivity contribution in [2.24, 2.45) is 0 Å². The predicted octanol–water partition coefficient (Wildman–Crippen LogP) is 5.29. The first-order valence-corrected chi connectivity index (χ1v) is 10.4. The van der Waals surface area contributed by atoms with Gasteiger partial charge in [0.2, 0.25) is 0 Å². The summed E-state index contributed by atoms with van der Waals surface area (Å²) in [4.78, 5) is 6.84. The van der Waals surface area contributed by atoms with E-state index in [-0.39, 0.29) is 5.82 Å². The van der Waals surface area contributed by atoms with Gasteiger partial charge in [-0.15, -0.1) is 0 Å². The van der Waals surface area contributed by atoms with Crippen molar-refractivity contribution in [3.63, 3.8) is 0 Å². The Morgan fingerprint density at radius 3 is 2.59 bits per heavy atom. The Bertz CT molecular complexity index is 1030. The summed E-state index contributed by atoms with van der Waals surface area (Å²) in [5.41, 5.74) is 3.72. The second kappa shape index (κ2) is 8.51. The zero-order valence-electron chi connectivity index (χ0n) is 16.1. The zero-order chi connectivity index (χ0) is 20.4. The molecule has 0 atom stereocenters. The average Bonchev–Trinajstić information content (AvgIpc) is 2.70. The highest BCUT2D eigenvalue weighted by molar-refractivity contribution is 7.80. The van der Waals surface area contributed by atoms with Gasteiger partial charge in [-0.2, -0.15) is 0 Å². The number of thiocarbonyl (C=S) groups is 1. The van der Waals surface area contributed by atoms with Gasteiger partial charge in [0.1, 0.15) is 5.82 Å². The molecule has 1 aliphatic rings. The van der Waals surface area contributed by atoms with Crippen LogP contribution in [0.4, 0.5) is 15.8 Å². The van der Waals surface area contributed by atoms with Crippen LogP contribution in [0, 0.1) is 12.7 Å². The van der Waals surface area contributed by atoms with Gasteiger partial charge in [0, 0.05) is 46.6 Å². The zero-order valence-corrected chi connectivity index (χ0v) is 17.7. The lowest BCUT2D eigenvalue weighted by atomic mass is 10.0. The van der Waals surface area contributed by atoms with E-state index >= 15 is 0 Å². The van der Waals surface area contributed by atoms with Crippen molar-refractivity contribution in [1.82, 2.24) is 10.3 Å². The number of rotatable bonds is 3. The molecular formula is C22H22ClFN4S. The van der Waals surface area contributed by atoms with E-state index in [1.165, 1.54) is 6.07 Å². The highest BCUT2D eigenvalue weighted by atomic mass is 35.5. The van der Waals surface area contributed by atoms with Crippen LogP contribution in [0.5, 0.6) is 0 Å². The van der Waals surface area contributed by atoms with Crippen LogP contribution in [-0.2, 0) is 0 Å². The normalized spacial score (nSPS) is 14.8. The Labute approximate surface area is 180 Å². The molecule has 0 aliphatic carbocycles. The number of aryl methyl sites for hydroxylation is 1. The van der Waals surface area contributed by atoms with Crippen LogP contribution in [0.25, 0.3) is 10.9 Å². The van der Waals surface area contributed by atoms with Crippen LogP contribution in [0.1, 0.15) is 18.5 Å². The molecule has 4 nitrogen and oxygen atoms in total. The third-order valence-electron chi connectivity index (χ3n) is 5.15. The summed E-state index contributed by atoms with van der Waals surface area (Å²) < 4.78 is 13.8. The number of fused-ring (bicyclic) bond motifs is 1. The lowest BCUT2D eigenvalue weighted by molar-refractivity contribution is 0.468. The number of piperidine rings is 1. The van der Waals surface area contributed by atoms with Crippen molar-refractivity contribution < 1.29 is 4.39 Å². The van der Waals surface area contributed by atoms with Gasteiger partial charge in [0.15, 0.2) is 5.11 Å². The van der Waals surface area contributed by atoms with Crippen molar-refractivity contribution >= 4 is 51.2 Å². The molecule has 0 saturated carbocycles. The van der Waals surface area contributed by atoms with E-state index in [1.807, 2.05) is 37.3 Å². The van der Waals surface area contributed by atoms with Gasteiger partial charge in [0.25, 0.3) is 0 Å². The molecule has 3 aromatic rings. The molecule has 7 heteroatoms. The SMILES string of the molecule is Cc1cc(N2CCC(NC(=S)Nc3ccc(Cl)cc3)CC2)c2cc(F)ccc2n1. The van der Waals surface area contributed by atoms with Gasteiger partial charge in [-0.05, 0) is 80.5 Å². The monoisotopic (exact) mass is 428 g/mol. The first kappa shape index (κ1) is 19.9. The standard InChI is InChI=1S/C22H22ClFN4S/c1-14-12-21(19-13-16(24)4-7-20(19)25-14)28-10-8-18(9-11-28)27-22(29)26-17-5-2-15(23)3-6-17/h2-7,12-13,18H,8-11H2,1H3,(H2,26,27,29). The Balaban J connectivity index is 1.39. The van der Waals surface area contributed by atoms with E-state index in [2.05, 4.69) is 20.5 Å². The molecule has 0 amide bonds. The molecule has 0 radical (unpaired) electrons. The Morgan fingerprint density at radius 2 is 1.86 bits per heavy atom. The summed E-state index contributed by atoms with van der Waals surface area (Å²) in [5.74, 6) is -0.237. The summed E-state index contributed by atoms with van der Waals surface area (Å²) >= 11 is 11.4. The van der Waals surface area contributed by atoms with Crippen molar-refractivity contribution in [2.45, 2.75) is 25.8 Å². The van der Waals surface area contributed by atoms with Crippen LogP contribution >= 0.6 is 23.8 Å². The van der Waals surface area contributed by atoms with E-state index in [9.17, 15) is 4.39 Å². The lowest BCUT2D eigenvalue weighted by Crippen LogP contribution is -2.46. The van der Waals surface area contributed by atoms with Gasteiger partial charge in [-0.3, -0.25) is 4.98 Å². The molecule has 29 heavy (non-hydrogen) atoms. The first-order valence-electron chi connectivity index (χ1n) is 9.63. The third-order valence-corrected chi connectivity index (χ3v) is 5.62. The van der Waals surface area contributed by atoms with Crippen LogP contribution in [-0.4, -0.2) is 29.2 Å². The molecule has 150 valence electrons. The molecule has 0 unspecified atom stereocenters. The van der Waals surface area contributed by atoms with Crippen LogP contribution in [0.15, 0.2) is 48.5 Å². The number of hydrogen-bond donors (Lipinski definition) is 2. The maximum absolute atomic E-state index is 13.8. The van der Waals surface area contributed by atoms with Gasteiger partial charge in [-0.1, -0.05) is 11.6 Å². The first-order chi connectivity index (χ1) is 14.0. The number of nitrogens with zero attached hydrogens (tertiary/aromatic N) is 2. The minimum absolute atomic E-state index is 0.237. The Morgan fingerprint density at radius 1 is 1.14 bits per heavy atom. The fourth-order valence-electron chi connectivity index (χ4n) is 3.72.